The van der Waals surface area contributed by atoms with Gasteiger partial charge in [-0.2, -0.15) is 26.3 Å². The highest BCUT2D eigenvalue weighted by atomic mass is 19.4. The monoisotopic (exact) mass is 498 g/mol. The molecule has 0 fully saturated rings. The van der Waals surface area contributed by atoms with Gasteiger partial charge in [0.2, 0.25) is 5.60 Å². The Kier molecular flexibility index (Phi) is 6.80. The van der Waals surface area contributed by atoms with E-state index in [2.05, 4.69) is 25.2 Å². The first kappa shape index (κ1) is 26.0. The summed E-state index contributed by atoms with van der Waals surface area (Å²) in [4.78, 5) is 3.79. The van der Waals surface area contributed by atoms with Crippen molar-refractivity contribution in [2.24, 2.45) is 0 Å². The largest absolute Gasteiger partial charge is 0.707 e. The van der Waals surface area contributed by atoms with Gasteiger partial charge in [-0.15, -0.1) is 10.2 Å². The molecule has 1 atom stereocenters. The molecule has 3 rings (SSSR count). The van der Waals surface area contributed by atoms with Crippen LogP contribution < -0.4 is 9.97 Å². The van der Waals surface area contributed by atoms with Gasteiger partial charge in [-0.25, -0.2) is 4.98 Å². The molecule has 3 heterocycles. The van der Waals surface area contributed by atoms with E-state index in [4.69, 9.17) is 14.5 Å². The highest BCUT2D eigenvalue weighted by Gasteiger charge is 2.58. The quantitative estimate of drug-likeness (QED) is 0.363. The molecule has 9 nitrogen and oxygen atoms in total. The van der Waals surface area contributed by atoms with Gasteiger partial charge in [-0.3, -0.25) is 0 Å². The molecule has 0 unspecified atom stereocenters. The van der Waals surface area contributed by atoms with Crippen LogP contribution in [0.25, 0.3) is 11.6 Å². The van der Waals surface area contributed by atoms with E-state index < -0.39 is 71.8 Å². The molecule has 0 radical (unpaired) electrons. The number of aromatic nitrogens is 3. The molecule has 0 amide bonds. The van der Waals surface area contributed by atoms with Crippen molar-refractivity contribution < 1.29 is 50.6 Å². The van der Waals surface area contributed by atoms with Gasteiger partial charge in [0.05, 0.1) is 0 Å². The number of alkyl halides is 6. The molecule has 0 aromatic carbocycles. The van der Waals surface area contributed by atoms with Crippen molar-refractivity contribution in [1.29, 1.82) is 0 Å². The van der Waals surface area contributed by atoms with Gasteiger partial charge in [-0.1, -0.05) is 12.8 Å². The highest BCUT2D eigenvalue weighted by Crippen LogP contribution is 2.45. The van der Waals surface area contributed by atoms with Crippen molar-refractivity contribution in [2.75, 3.05) is 5.32 Å². The number of halogens is 6. The molecule has 2 aromatic heterocycles. The lowest BCUT2D eigenvalue weighted by Crippen LogP contribution is -2.42. The third kappa shape index (κ3) is 5.38. The van der Waals surface area contributed by atoms with Gasteiger partial charge in [0, 0.05) is 5.54 Å². The number of pyridine rings is 1. The maximum Gasteiger partial charge on any atom is 0.707 e. The van der Waals surface area contributed by atoms with Crippen molar-refractivity contribution in [1.82, 2.24) is 15.2 Å². The third-order valence-corrected chi connectivity index (χ3v) is 5.27. The molecule has 2 aromatic rings. The summed E-state index contributed by atoms with van der Waals surface area (Å²) in [5, 5.41) is 38.0. The summed E-state index contributed by atoms with van der Waals surface area (Å²) in [6.07, 6.45) is -10.2. The number of hydrogen-bond donors (Lipinski definition) is 4. The molecule has 0 aliphatic carbocycles. The second kappa shape index (κ2) is 8.89. The second-order valence-electron chi connectivity index (χ2n) is 8.51. The van der Waals surface area contributed by atoms with Crippen LogP contribution in [0.1, 0.15) is 57.4 Å². The van der Waals surface area contributed by atoms with Crippen LogP contribution >= 0.6 is 0 Å². The summed E-state index contributed by atoms with van der Waals surface area (Å²) in [6.45, 7) is 3.16. The maximum absolute atomic E-state index is 13.8. The first-order chi connectivity index (χ1) is 15.5. The van der Waals surface area contributed by atoms with E-state index in [1.807, 2.05) is 0 Å². The number of hydrogen-bond acceptors (Lipinski definition) is 9. The topological polar surface area (TPSA) is 134 Å². The lowest BCUT2D eigenvalue weighted by molar-refractivity contribution is -0.277. The molecule has 0 saturated carbocycles. The molecular weight excluding hydrogens is 477 g/mol. The summed E-state index contributed by atoms with van der Waals surface area (Å²) in [5.41, 5.74) is -6.52. The van der Waals surface area contributed by atoms with Crippen LogP contribution in [-0.2, 0) is 11.8 Å². The Morgan fingerprint density at radius 1 is 1.06 bits per heavy atom. The van der Waals surface area contributed by atoms with Crippen LogP contribution in [0.3, 0.4) is 0 Å². The first-order valence-electron chi connectivity index (χ1n) is 10.1. The summed E-state index contributed by atoms with van der Waals surface area (Å²) in [5.74, 6) is -3.68. The number of rotatable bonds is 2. The molecule has 0 saturated heterocycles. The zero-order valence-corrected chi connectivity index (χ0v) is 18.0. The lowest BCUT2D eigenvalue weighted by Gasteiger charge is -2.30. The summed E-state index contributed by atoms with van der Waals surface area (Å²) in [7, 11) is -2.60. The Hall–Kier alpha value is -2.59. The molecule has 0 spiro atoms. The van der Waals surface area contributed by atoms with Crippen LogP contribution in [0.5, 0.6) is 5.75 Å². The fraction of sp³-hybridized carbons (Fsp3) is 0.611. The molecule has 188 valence electrons. The Balaban J connectivity index is 2.27. The van der Waals surface area contributed by atoms with Crippen LogP contribution in [0.15, 0.2) is 10.5 Å². The Bertz CT molecular complexity index is 1030. The zero-order chi connectivity index (χ0) is 25.5. The van der Waals surface area contributed by atoms with Gasteiger partial charge < -0.3 is 29.5 Å². The molecule has 16 heteroatoms. The van der Waals surface area contributed by atoms with E-state index >= 15 is 0 Å². The average Bonchev–Trinajstić information content (AvgIpc) is 3.15. The van der Waals surface area contributed by atoms with Crippen LogP contribution in [-0.4, -0.2) is 49.4 Å². The van der Waals surface area contributed by atoms with Crippen molar-refractivity contribution in [3.8, 4) is 17.3 Å². The number of aliphatic hydroxyl groups is 1. The first-order valence-corrected chi connectivity index (χ1v) is 10.1. The number of nitrogens with zero attached hydrogens (tertiary/aromatic N) is 3. The fourth-order valence-corrected chi connectivity index (χ4v) is 3.53. The molecule has 1 aliphatic rings. The normalized spacial score (nSPS) is 21.4. The van der Waals surface area contributed by atoms with E-state index in [1.165, 1.54) is 0 Å². The van der Waals surface area contributed by atoms with Gasteiger partial charge in [0.1, 0.15) is 17.1 Å². The van der Waals surface area contributed by atoms with Crippen molar-refractivity contribution in [3.05, 3.63) is 17.5 Å². The van der Waals surface area contributed by atoms with Crippen molar-refractivity contribution >= 4 is 13.1 Å². The minimum atomic E-state index is -5.20. The van der Waals surface area contributed by atoms with E-state index in [-0.39, 0.29) is 19.3 Å². The summed E-state index contributed by atoms with van der Waals surface area (Å²) >= 11 is 0. The number of anilines is 1. The SMILES string of the molecule is CC1(C)CCCCC[C@](O)(C(F)(F)F)c2nnc(o2)-c2nc(c(C(F)(F)F)cc2OB(O)O)N1. The van der Waals surface area contributed by atoms with Gasteiger partial charge >= 0.3 is 19.7 Å². The highest BCUT2D eigenvalue weighted by molar-refractivity contribution is 6.33. The predicted molar refractivity (Wildman–Crippen MR) is 104 cm³/mol. The van der Waals surface area contributed by atoms with E-state index in [0.29, 0.717) is 12.5 Å². The van der Waals surface area contributed by atoms with Gasteiger partial charge in [0.15, 0.2) is 5.69 Å². The van der Waals surface area contributed by atoms with Crippen molar-refractivity contribution in [2.45, 2.75) is 69.4 Å². The van der Waals surface area contributed by atoms with Crippen LogP contribution in [0.2, 0.25) is 0 Å². The minimum Gasteiger partial charge on any atom is -0.510 e. The Morgan fingerprint density at radius 2 is 1.71 bits per heavy atom. The third-order valence-electron chi connectivity index (χ3n) is 5.27. The molecular formula is C18H21BF6N4O5. The molecule has 4 N–H and O–H groups in total. The lowest BCUT2D eigenvalue weighted by atomic mass is 9.92. The molecule has 4 bridgehead atoms. The minimum absolute atomic E-state index is 0.0911. The number of fused-ring (bicyclic) bond motifs is 5. The van der Waals surface area contributed by atoms with Crippen LogP contribution in [0.4, 0.5) is 32.2 Å². The zero-order valence-electron chi connectivity index (χ0n) is 18.0. The van der Waals surface area contributed by atoms with E-state index in [1.54, 1.807) is 13.8 Å². The van der Waals surface area contributed by atoms with Gasteiger partial charge in [0.25, 0.3) is 11.8 Å². The predicted octanol–water partition coefficient (Wildman–Crippen LogP) is 3.40. The van der Waals surface area contributed by atoms with Gasteiger partial charge in [-0.05, 0) is 39.2 Å². The maximum atomic E-state index is 13.8. The standard InChI is InChI=1S/C18H21BF6N4O5/c1-15(2)6-4-3-5-7-16(30,18(23,24)25)14-29-28-13(33-14)11-10(34-19(31)32)8-9(17(20,21)22)12(26-11)27-15/h8,30-32H,3-7H2,1-2H3,(H,26,27)/t16-/m1/s1. The summed E-state index contributed by atoms with van der Waals surface area (Å²) in [6, 6.07) is 0.381. The van der Waals surface area contributed by atoms with Crippen LogP contribution in [0, 0.1) is 0 Å². The van der Waals surface area contributed by atoms with E-state index in [0.717, 1.165) is 0 Å². The Labute approximate surface area is 189 Å². The second-order valence-corrected chi connectivity index (χ2v) is 8.51. The fourth-order valence-electron chi connectivity index (χ4n) is 3.53. The smallest absolute Gasteiger partial charge is 0.510 e. The Morgan fingerprint density at radius 3 is 2.29 bits per heavy atom. The summed E-state index contributed by atoms with van der Waals surface area (Å²) < 4.78 is 92.0. The average molecular weight is 498 g/mol. The number of nitrogens with one attached hydrogen (secondary N) is 1. The molecule has 34 heavy (non-hydrogen) atoms. The molecule has 1 aliphatic heterocycles. The van der Waals surface area contributed by atoms with E-state index in [9.17, 15) is 31.4 Å². The van der Waals surface area contributed by atoms with Crippen molar-refractivity contribution in [3.63, 3.8) is 0 Å².